The topological polar surface area (TPSA) is 28.7 Å². The van der Waals surface area contributed by atoms with Gasteiger partial charge in [0.05, 0.1) is 5.69 Å². The van der Waals surface area contributed by atoms with Crippen molar-refractivity contribution in [3.63, 3.8) is 0 Å². The molecule has 0 bridgehead atoms. The Morgan fingerprint density at radius 3 is 2.79 bits per heavy atom. The fraction of sp³-hybridized carbons (Fsp3) is 0.100. The number of hydrogen-bond donors (Lipinski definition) is 1. The van der Waals surface area contributed by atoms with Crippen molar-refractivity contribution in [3.05, 3.63) is 40.2 Å². The second-order valence-corrected chi connectivity index (χ2v) is 3.91. The van der Waals surface area contributed by atoms with Gasteiger partial charge in [-0.15, -0.1) is 0 Å². The van der Waals surface area contributed by atoms with E-state index in [-0.39, 0.29) is 5.82 Å². The van der Waals surface area contributed by atoms with E-state index in [4.69, 9.17) is 0 Å². The maximum absolute atomic E-state index is 13.0. The van der Waals surface area contributed by atoms with Crippen molar-refractivity contribution < 1.29 is 4.39 Å². The van der Waals surface area contributed by atoms with Gasteiger partial charge >= 0.3 is 0 Å². The summed E-state index contributed by atoms with van der Waals surface area (Å²) in [6.07, 6.45) is 0. The Hall–Kier alpha value is -1.16. The Morgan fingerprint density at radius 1 is 1.36 bits per heavy atom. The van der Waals surface area contributed by atoms with Gasteiger partial charge in [-0.05, 0) is 31.2 Å². The smallest absolute Gasteiger partial charge is 0.123 e. The minimum Gasteiger partial charge on any atom is -0.282 e. The van der Waals surface area contributed by atoms with Gasteiger partial charge < -0.3 is 0 Å². The van der Waals surface area contributed by atoms with E-state index >= 15 is 0 Å². The number of aryl methyl sites for hydroxylation is 1. The molecular weight excluding hydrogens is 247 g/mol. The van der Waals surface area contributed by atoms with E-state index in [1.165, 1.54) is 12.1 Å². The fourth-order valence-electron chi connectivity index (χ4n) is 1.25. The first kappa shape index (κ1) is 9.40. The molecule has 1 aromatic heterocycles. The second kappa shape index (κ2) is 3.53. The summed E-state index contributed by atoms with van der Waals surface area (Å²) < 4.78 is 13.8. The third-order valence-electron chi connectivity index (χ3n) is 1.91. The number of hydrogen-bond acceptors (Lipinski definition) is 1. The van der Waals surface area contributed by atoms with Gasteiger partial charge in [-0.25, -0.2) is 4.39 Å². The largest absolute Gasteiger partial charge is 0.282 e. The van der Waals surface area contributed by atoms with Crippen LogP contribution in [0.25, 0.3) is 11.3 Å². The highest BCUT2D eigenvalue weighted by atomic mass is 79.9. The monoisotopic (exact) mass is 254 g/mol. The van der Waals surface area contributed by atoms with Gasteiger partial charge in [-0.1, -0.05) is 15.9 Å². The van der Waals surface area contributed by atoms with Crippen LogP contribution in [-0.2, 0) is 0 Å². The molecule has 4 heteroatoms. The Labute approximate surface area is 89.3 Å². The van der Waals surface area contributed by atoms with Gasteiger partial charge in [0.2, 0.25) is 0 Å². The number of benzene rings is 1. The highest BCUT2D eigenvalue weighted by Crippen LogP contribution is 2.27. The lowest BCUT2D eigenvalue weighted by Gasteiger charge is -1.99. The van der Waals surface area contributed by atoms with E-state index in [0.29, 0.717) is 0 Å². The first-order valence-corrected chi connectivity index (χ1v) is 4.93. The van der Waals surface area contributed by atoms with Gasteiger partial charge in [-0.2, -0.15) is 5.10 Å². The van der Waals surface area contributed by atoms with Crippen LogP contribution in [0.4, 0.5) is 4.39 Å². The molecule has 0 atom stereocenters. The molecule has 0 amide bonds. The molecule has 0 aliphatic rings. The summed E-state index contributed by atoms with van der Waals surface area (Å²) >= 11 is 3.36. The minimum atomic E-state index is -0.260. The maximum Gasteiger partial charge on any atom is 0.123 e. The van der Waals surface area contributed by atoms with Gasteiger partial charge in [0.25, 0.3) is 0 Å². The highest BCUT2D eigenvalue weighted by Gasteiger charge is 2.07. The molecule has 72 valence electrons. The van der Waals surface area contributed by atoms with Crippen molar-refractivity contribution in [1.29, 1.82) is 0 Å². The van der Waals surface area contributed by atoms with Crippen LogP contribution in [0, 0.1) is 12.7 Å². The molecule has 0 aliphatic heterocycles. The predicted molar refractivity (Wildman–Crippen MR) is 56.4 cm³/mol. The van der Waals surface area contributed by atoms with Crippen molar-refractivity contribution in [1.82, 2.24) is 10.2 Å². The molecule has 1 aromatic carbocycles. The molecule has 0 radical (unpaired) electrons. The molecule has 14 heavy (non-hydrogen) atoms. The average Bonchev–Trinajstić information content (AvgIpc) is 2.56. The molecule has 2 rings (SSSR count). The van der Waals surface area contributed by atoms with E-state index in [9.17, 15) is 4.39 Å². The third-order valence-corrected chi connectivity index (χ3v) is 2.60. The number of H-pyrrole nitrogens is 1. The number of nitrogens with zero attached hydrogens (tertiary/aromatic N) is 1. The normalized spacial score (nSPS) is 10.5. The molecule has 1 N–H and O–H groups in total. The summed E-state index contributed by atoms with van der Waals surface area (Å²) in [6, 6.07) is 6.42. The Bertz CT molecular complexity index is 465. The average molecular weight is 255 g/mol. The number of rotatable bonds is 1. The molecule has 0 fully saturated rings. The van der Waals surface area contributed by atoms with Crippen LogP contribution < -0.4 is 0 Å². The lowest BCUT2D eigenvalue weighted by molar-refractivity contribution is 0.628. The summed E-state index contributed by atoms with van der Waals surface area (Å²) in [4.78, 5) is 0. The zero-order valence-electron chi connectivity index (χ0n) is 7.51. The number of aromatic amines is 1. The summed E-state index contributed by atoms with van der Waals surface area (Å²) in [5.41, 5.74) is 2.46. The molecule has 0 saturated heterocycles. The first-order chi connectivity index (χ1) is 6.66. The molecule has 0 aliphatic carbocycles. The SMILES string of the molecule is Cc1cc(-c2cc(F)ccc2Br)n[nH]1. The van der Waals surface area contributed by atoms with Crippen LogP contribution in [0.2, 0.25) is 0 Å². The van der Waals surface area contributed by atoms with Gasteiger partial charge in [0.1, 0.15) is 5.82 Å². The lowest BCUT2D eigenvalue weighted by atomic mass is 10.1. The molecule has 2 aromatic rings. The highest BCUT2D eigenvalue weighted by molar-refractivity contribution is 9.10. The third kappa shape index (κ3) is 1.70. The number of aromatic nitrogens is 2. The molecule has 1 heterocycles. The van der Waals surface area contributed by atoms with Crippen LogP contribution in [0.1, 0.15) is 5.69 Å². The number of halogens is 2. The van der Waals surface area contributed by atoms with E-state index < -0.39 is 0 Å². The summed E-state index contributed by atoms with van der Waals surface area (Å²) in [7, 11) is 0. The molecule has 0 spiro atoms. The molecular formula is C10H8BrFN2. The van der Waals surface area contributed by atoms with Crippen LogP contribution in [0.5, 0.6) is 0 Å². The van der Waals surface area contributed by atoms with E-state index in [1.54, 1.807) is 6.07 Å². The quantitative estimate of drug-likeness (QED) is 0.832. The number of nitrogens with one attached hydrogen (secondary N) is 1. The van der Waals surface area contributed by atoms with Crippen LogP contribution in [0.3, 0.4) is 0 Å². The van der Waals surface area contributed by atoms with E-state index in [0.717, 1.165) is 21.4 Å². The Balaban J connectivity index is 2.55. The molecule has 0 unspecified atom stereocenters. The zero-order chi connectivity index (χ0) is 10.1. The zero-order valence-corrected chi connectivity index (χ0v) is 9.10. The standard InChI is InChI=1S/C10H8BrFN2/c1-6-4-10(14-13-6)8-5-7(12)2-3-9(8)11/h2-5H,1H3,(H,13,14). The summed E-state index contributed by atoms with van der Waals surface area (Å²) in [5.74, 6) is -0.260. The summed E-state index contributed by atoms with van der Waals surface area (Å²) in [5, 5.41) is 6.89. The van der Waals surface area contributed by atoms with Crippen molar-refractivity contribution in [2.24, 2.45) is 0 Å². The maximum atomic E-state index is 13.0. The fourth-order valence-corrected chi connectivity index (χ4v) is 1.70. The van der Waals surface area contributed by atoms with Gasteiger partial charge in [0, 0.05) is 15.7 Å². The second-order valence-electron chi connectivity index (χ2n) is 3.06. The molecule has 0 saturated carbocycles. The van der Waals surface area contributed by atoms with Crippen molar-refractivity contribution in [2.75, 3.05) is 0 Å². The van der Waals surface area contributed by atoms with Crippen molar-refractivity contribution >= 4 is 15.9 Å². The van der Waals surface area contributed by atoms with Crippen molar-refractivity contribution in [2.45, 2.75) is 6.92 Å². The Morgan fingerprint density at radius 2 is 2.14 bits per heavy atom. The first-order valence-electron chi connectivity index (χ1n) is 4.14. The van der Waals surface area contributed by atoms with Gasteiger partial charge in [-0.3, -0.25) is 5.10 Å². The van der Waals surface area contributed by atoms with E-state index in [2.05, 4.69) is 26.1 Å². The predicted octanol–water partition coefficient (Wildman–Crippen LogP) is 3.29. The van der Waals surface area contributed by atoms with Gasteiger partial charge in [0.15, 0.2) is 0 Å². The van der Waals surface area contributed by atoms with Crippen LogP contribution in [0.15, 0.2) is 28.7 Å². The van der Waals surface area contributed by atoms with Crippen LogP contribution in [-0.4, -0.2) is 10.2 Å². The minimum absolute atomic E-state index is 0.260. The van der Waals surface area contributed by atoms with Crippen molar-refractivity contribution in [3.8, 4) is 11.3 Å². The lowest BCUT2D eigenvalue weighted by Crippen LogP contribution is -1.82. The van der Waals surface area contributed by atoms with Crippen LogP contribution >= 0.6 is 15.9 Å². The Kier molecular flexibility index (Phi) is 2.37. The van der Waals surface area contributed by atoms with E-state index in [1.807, 2.05) is 13.0 Å². The summed E-state index contributed by atoms with van der Waals surface area (Å²) in [6.45, 7) is 1.91. The molecule has 2 nitrogen and oxygen atoms in total.